The van der Waals surface area contributed by atoms with Gasteiger partial charge in [-0.1, -0.05) is 13.8 Å². The molecule has 0 aliphatic rings. The van der Waals surface area contributed by atoms with Gasteiger partial charge in [0.25, 0.3) is 0 Å². The number of aryl methyl sites for hydroxylation is 2. The summed E-state index contributed by atoms with van der Waals surface area (Å²) >= 11 is 0. The lowest BCUT2D eigenvalue weighted by Crippen LogP contribution is -2.36. The van der Waals surface area contributed by atoms with Gasteiger partial charge < -0.3 is 10.6 Å². The second-order valence-electron chi connectivity index (χ2n) is 4.59. The fraction of sp³-hybridized carbons (Fsp3) is 0.667. The van der Waals surface area contributed by atoms with Crippen LogP contribution in [0.3, 0.4) is 0 Å². The van der Waals surface area contributed by atoms with E-state index in [9.17, 15) is 4.79 Å². The summed E-state index contributed by atoms with van der Waals surface area (Å²) in [6.07, 6.45) is 0. The topological polar surface area (TPSA) is 59.0 Å². The van der Waals surface area contributed by atoms with E-state index in [1.54, 1.807) is 0 Å². The Hall–Kier alpha value is -1.36. The average Bonchev–Trinajstić information content (AvgIpc) is 2.48. The van der Waals surface area contributed by atoms with Crippen LogP contribution in [-0.2, 0) is 18.4 Å². The molecule has 0 aliphatic heterocycles. The van der Waals surface area contributed by atoms with Crippen molar-refractivity contribution in [1.82, 2.24) is 20.4 Å². The Kier molecular flexibility index (Phi) is 4.69. The van der Waals surface area contributed by atoms with E-state index in [0.29, 0.717) is 19.1 Å². The Labute approximate surface area is 103 Å². The smallest absolute Gasteiger partial charge is 0.234 e. The Morgan fingerprint density at radius 3 is 2.53 bits per heavy atom. The van der Waals surface area contributed by atoms with Crippen molar-refractivity contribution in [3.05, 3.63) is 17.0 Å². The molecule has 5 heteroatoms. The van der Waals surface area contributed by atoms with Crippen LogP contribution >= 0.6 is 0 Å². The van der Waals surface area contributed by atoms with Crippen molar-refractivity contribution in [2.45, 2.75) is 40.3 Å². The van der Waals surface area contributed by atoms with Gasteiger partial charge in [-0.15, -0.1) is 0 Å². The zero-order chi connectivity index (χ0) is 13.0. The van der Waals surface area contributed by atoms with Crippen molar-refractivity contribution in [2.75, 3.05) is 6.54 Å². The lowest BCUT2D eigenvalue weighted by atomic mass is 10.2. The third kappa shape index (κ3) is 3.85. The standard InChI is InChI=1S/C12H22N4O/c1-8(2)13-7-12(17)14-6-11-9(3)15-16(5)10(11)4/h8,13H,6-7H2,1-5H3,(H,14,17). The minimum atomic E-state index is 0.0151. The SMILES string of the molecule is Cc1nn(C)c(C)c1CNC(=O)CNC(C)C. The molecule has 0 fully saturated rings. The van der Waals surface area contributed by atoms with E-state index in [0.717, 1.165) is 17.0 Å². The van der Waals surface area contributed by atoms with Crippen LogP contribution in [0.15, 0.2) is 0 Å². The van der Waals surface area contributed by atoms with E-state index in [4.69, 9.17) is 0 Å². The molecule has 0 aliphatic carbocycles. The first-order valence-corrected chi connectivity index (χ1v) is 5.91. The van der Waals surface area contributed by atoms with Crippen LogP contribution in [-0.4, -0.2) is 28.3 Å². The second kappa shape index (κ2) is 5.82. The molecule has 1 amide bonds. The van der Waals surface area contributed by atoms with Crippen molar-refractivity contribution in [3.8, 4) is 0 Å². The molecule has 17 heavy (non-hydrogen) atoms. The van der Waals surface area contributed by atoms with Gasteiger partial charge in [0.2, 0.25) is 5.91 Å². The van der Waals surface area contributed by atoms with Crippen LogP contribution in [0, 0.1) is 13.8 Å². The van der Waals surface area contributed by atoms with Crippen LogP contribution < -0.4 is 10.6 Å². The summed E-state index contributed by atoms with van der Waals surface area (Å²) in [6, 6.07) is 0.322. The summed E-state index contributed by atoms with van der Waals surface area (Å²) in [4.78, 5) is 11.5. The Bertz CT molecular complexity index is 395. The number of aromatic nitrogens is 2. The lowest BCUT2D eigenvalue weighted by molar-refractivity contribution is -0.120. The zero-order valence-electron chi connectivity index (χ0n) is 11.3. The van der Waals surface area contributed by atoms with Crippen molar-refractivity contribution < 1.29 is 4.79 Å². The molecule has 0 unspecified atom stereocenters. The summed E-state index contributed by atoms with van der Waals surface area (Å²) in [5, 5.41) is 10.3. The van der Waals surface area contributed by atoms with Crippen LogP contribution in [0.2, 0.25) is 0 Å². The number of hydrogen-bond acceptors (Lipinski definition) is 3. The quantitative estimate of drug-likeness (QED) is 0.792. The minimum Gasteiger partial charge on any atom is -0.351 e. The molecule has 96 valence electrons. The van der Waals surface area contributed by atoms with Gasteiger partial charge in [-0.2, -0.15) is 5.10 Å². The van der Waals surface area contributed by atoms with E-state index in [1.807, 2.05) is 39.4 Å². The largest absolute Gasteiger partial charge is 0.351 e. The molecular weight excluding hydrogens is 216 g/mol. The number of carbonyl (C=O) groups excluding carboxylic acids is 1. The highest BCUT2D eigenvalue weighted by Gasteiger charge is 2.10. The maximum absolute atomic E-state index is 11.5. The molecule has 1 aromatic heterocycles. The third-order valence-electron chi connectivity index (χ3n) is 2.79. The predicted molar refractivity (Wildman–Crippen MR) is 67.7 cm³/mol. The third-order valence-corrected chi connectivity index (χ3v) is 2.79. The predicted octanol–water partition coefficient (Wildman–Crippen LogP) is 0.651. The summed E-state index contributed by atoms with van der Waals surface area (Å²) in [7, 11) is 1.91. The van der Waals surface area contributed by atoms with Gasteiger partial charge >= 0.3 is 0 Å². The maximum Gasteiger partial charge on any atom is 0.234 e. The Morgan fingerprint density at radius 1 is 1.41 bits per heavy atom. The molecule has 5 nitrogen and oxygen atoms in total. The van der Waals surface area contributed by atoms with Gasteiger partial charge in [0, 0.05) is 30.9 Å². The molecule has 1 aromatic rings. The molecule has 0 saturated heterocycles. The first-order valence-electron chi connectivity index (χ1n) is 5.91. The average molecular weight is 238 g/mol. The normalized spacial score (nSPS) is 10.9. The first-order chi connectivity index (χ1) is 7.91. The van der Waals surface area contributed by atoms with E-state index >= 15 is 0 Å². The number of rotatable bonds is 5. The van der Waals surface area contributed by atoms with E-state index < -0.39 is 0 Å². The number of carbonyl (C=O) groups is 1. The molecule has 0 atom stereocenters. The maximum atomic E-state index is 11.5. The summed E-state index contributed by atoms with van der Waals surface area (Å²) in [5.74, 6) is 0.0151. The van der Waals surface area contributed by atoms with Crippen molar-refractivity contribution in [1.29, 1.82) is 0 Å². The molecule has 1 rings (SSSR count). The molecule has 0 saturated carbocycles. The van der Waals surface area contributed by atoms with E-state index in [1.165, 1.54) is 0 Å². The molecule has 0 radical (unpaired) electrons. The summed E-state index contributed by atoms with van der Waals surface area (Å²) in [6.45, 7) is 8.90. The molecule has 0 aromatic carbocycles. The summed E-state index contributed by atoms with van der Waals surface area (Å²) in [5.41, 5.74) is 3.17. The minimum absolute atomic E-state index is 0.0151. The van der Waals surface area contributed by atoms with Crippen molar-refractivity contribution in [3.63, 3.8) is 0 Å². The number of nitrogens with one attached hydrogen (secondary N) is 2. The summed E-state index contributed by atoms with van der Waals surface area (Å²) < 4.78 is 1.84. The van der Waals surface area contributed by atoms with Gasteiger partial charge in [-0.3, -0.25) is 9.48 Å². The first kappa shape index (κ1) is 13.7. The molecule has 1 heterocycles. The van der Waals surface area contributed by atoms with Crippen molar-refractivity contribution in [2.24, 2.45) is 7.05 Å². The molecule has 2 N–H and O–H groups in total. The van der Waals surface area contributed by atoms with Gasteiger partial charge in [0.05, 0.1) is 12.2 Å². The number of hydrogen-bond donors (Lipinski definition) is 2. The molecular formula is C12H22N4O. The monoisotopic (exact) mass is 238 g/mol. The van der Waals surface area contributed by atoms with Crippen LogP contribution in [0.5, 0.6) is 0 Å². The highest BCUT2D eigenvalue weighted by atomic mass is 16.1. The van der Waals surface area contributed by atoms with Crippen LogP contribution in [0.25, 0.3) is 0 Å². The molecule has 0 bridgehead atoms. The van der Waals surface area contributed by atoms with E-state index in [-0.39, 0.29) is 5.91 Å². The highest BCUT2D eigenvalue weighted by molar-refractivity contribution is 5.78. The van der Waals surface area contributed by atoms with Crippen LogP contribution in [0.4, 0.5) is 0 Å². The van der Waals surface area contributed by atoms with Crippen molar-refractivity contribution >= 4 is 5.91 Å². The Morgan fingerprint density at radius 2 is 2.06 bits per heavy atom. The van der Waals surface area contributed by atoms with Crippen LogP contribution in [0.1, 0.15) is 30.8 Å². The zero-order valence-corrected chi connectivity index (χ0v) is 11.3. The fourth-order valence-electron chi connectivity index (χ4n) is 1.62. The van der Waals surface area contributed by atoms with Gasteiger partial charge in [0.15, 0.2) is 0 Å². The van der Waals surface area contributed by atoms with Gasteiger partial charge in [0.1, 0.15) is 0 Å². The molecule has 0 spiro atoms. The lowest BCUT2D eigenvalue weighted by Gasteiger charge is -2.09. The number of nitrogens with zero attached hydrogens (tertiary/aromatic N) is 2. The Balaban J connectivity index is 2.47. The number of amides is 1. The highest BCUT2D eigenvalue weighted by Crippen LogP contribution is 2.10. The van der Waals surface area contributed by atoms with Gasteiger partial charge in [-0.05, 0) is 13.8 Å². The van der Waals surface area contributed by atoms with E-state index in [2.05, 4.69) is 15.7 Å². The van der Waals surface area contributed by atoms with Gasteiger partial charge in [-0.25, -0.2) is 0 Å². The second-order valence-corrected chi connectivity index (χ2v) is 4.59. The fourth-order valence-corrected chi connectivity index (χ4v) is 1.62.